The fraction of sp³-hybridized carbons (Fsp3) is 0.941. The molecule has 2 heterocycles. The summed E-state index contributed by atoms with van der Waals surface area (Å²) in [6.45, 7) is 9.36. The molecule has 0 aromatic rings. The summed E-state index contributed by atoms with van der Waals surface area (Å²) in [5.41, 5.74) is -0.449. The lowest BCUT2D eigenvalue weighted by atomic mass is 9.72. The van der Waals surface area contributed by atoms with Crippen molar-refractivity contribution in [1.29, 1.82) is 0 Å². The maximum atomic E-state index is 12.1. The molecule has 116 valence electrons. The summed E-state index contributed by atoms with van der Waals surface area (Å²) in [5.74, 6) is 1.64. The van der Waals surface area contributed by atoms with Crippen molar-refractivity contribution in [3.8, 4) is 0 Å². The molecular weight excluding hydrogens is 250 g/mol. The molecule has 0 saturated carbocycles. The van der Waals surface area contributed by atoms with Crippen molar-refractivity contribution < 1.29 is 9.90 Å². The molecule has 1 N–H and O–H groups in total. The van der Waals surface area contributed by atoms with Gasteiger partial charge >= 0.3 is 0 Å². The quantitative estimate of drug-likeness (QED) is 0.839. The van der Waals surface area contributed by atoms with Crippen molar-refractivity contribution in [3.63, 3.8) is 0 Å². The molecule has 0 aromatic heterocycles. The van der Waals surface area contributed by atoms with Crippen molar-refractivity contribution in [2.24, 2.45) is 11.8 Å². The maximum Gasteiger partial charge on any atom is 0.223 e. The number of carbonyl (C=O) groups is 1. The fourth-order valence-electron chi connectivity index (χ4n) is 4.45. The topological polar surface area (TPSA) is 40.5 Å². The number of nitrogens with zero attached hydrogens (tertiary/aromatic N) is 1. The van der Waals surface area contributed by atoms with E-state index in [0.29, 0.717) is 17.7 Å². The van der Waals surface area contributed by atoms with E-state index in [-0.39, 0.29) is 5.54 Å². The van der Waals surface area contributed by atoms with Gasteiger partial charge in [0.15, 0.2) is 0 Å². The van der Waals surface area contributed by atoms with Gasteiger partial charge in [0.05, 0.1) is 5.60 Å². The highest BCUT2D eigenvalue weighted by atomic mass is 16.3. The number of carbonyl (C=O) groups excluding carboxylic acids is 1. The Balaban J connectivity index is 1.93. The first-order valence-corrected chi connectivity index (χ1v) is 8.27. The Bertz CT molecular complexity index is 360. The van der Waals surface area contributed by atoms with E-state index < -0.39 is 5.60 Å². The fourth-order valence-corrected chi connectivity index (χ4v) is 4.45. The van der Waals surface area contributed by atoms with Crippen molar-refractivity contribution in [1.82, 2.24) is 4.90 Å². The van der Waals surface area contributed by atoms with Crippen LogP contribution in [0.2, 0.25) is 0 Å². The van der Waals surface area contributed by atoms with Crippen LogP contribution in [0, 0.1) is 11.8 Å². The highest BCUT2D eigenvalue weighted by molar-refractivity contribution is 5.78. The number of rotatable bonds is 5. The lowest BCUT2D eigenvalue weighted by Gasteiger charge is -2.45. The Morgan fingerprint density at radius 1 is 1.50 bits per heavy atom. The van der Waals surface area contributed by atoms with Crippen LogP contribution in [-0.4, -0.2) is 33.6 Å². The van der Waals surface area contributed by atoms with Gasteiger partial charge in [0, 0.05) is 18.5 Å². The first kappa shape index (κ1) is 15.8. The predicted octanol–water partition coefficient (Wildman–Crippen LogP) is 3.35. The largest absolute Gasteiger partial charge is 0.390 e. The van der Waals surface area contributed by atoms with Crippen LogP contribution < -0.4 is 0 Å². The van der Waals surface area contributed by atoms with E-state index in [1.165, 1.54) is 6.42 Å². The molecule has 3 nitrogen and oxygen atoms in total. The number of fused-ring (bicyclic) bond motifs is 1. The van der Waals surface area contributed by atoms with Crippen molar-refractivity contribution in [2.75, 3.05) is 6.54 Å². The molecule has 1 amide bonds. The van der Waals surface area contributed by atoms with Gasteiger partial charge in [-0.25, -0.2) is 0 Å². The zero-order valence-corrected chi connectivity index (χ0v) is 13.6. The molecule has 2 saturated heterocycles. The van der Waals surface area contributed by atoms with Gasteiger partial charge in [-0.1, -0.05) is 19.8 Å². The lowest BCUT2D eigenvalue weighted by molar-refractivity contribution is -0.140. The van der Waals surface area contributed by atoms with Crippen LogP contribution in [0.1, 0.15) is 72.6 Å². The second-order valence-electron chi connectivity index (χ2n) is 7.83. The normalized spacial score (nSPS) is 32.4. The molecule has 0 bridgehead atoms. The molecular formula is C17H31NO2. The summed E-state index contributed by atoms with van der Waals surface area (Å²) >= 11 is 0. The molecule has 20 heavy (non-hydrogen) atoms. The summed E-state index contributed by atoms with van der Waals surface area (Å²) in [5, 5.41) is 9.82. The monoisotopic (exact) mass is 281 g/mol. The van der Waals surface area contributed by atoms with E-state index in [4.69, 9.17) is 0 Å². The van der Waals surface area contributed by atoms with Crippen molar-refractivity contribution in [3.05, 3.63) is 0 Å². The zero-order chi connectivity index (χ0) is 15.0. The molecule has 0 radical (unpaired) electrons. The van der Waals surface area contributed by atoms with Gasteiger partial charge in [-0.2, -0.15) is 0 Å². The Kier molecular flexibility index (Phi) is 4.48. The van der Waals surface area contributed by atoms with Gasteiger partial charge in [-0.05, 0) is 58.3 Å². The van der Waals surface area contributed by atoms with E-state index >= 15 is 0 Å². The van der Waals surface area contributed by atoms with Gasteiger partial charge in [-0.15, -0.1) is 0 Å². The number of aliphatic hydroxyl groups is 1. The van der Waals surface area contributed by atoms with E-state index in [0.717, 1.165) is 45.1 Å². The second kappa shape index (κ2) is 5.67. The highest BCUT2D eigenvalue weighted by Crippen LogP contribution is 2.46. The molecule has 0 aromatic carbocycles. The van der Waals surface area contributed by atoms with Crippen LogP contribution in [-0.2, 0) is 4.79 Å². The highest BCUT2D eigenvalue weighted by Gasteiger charge is 2.50. The smallest absolute Gasteiger partial charge is 0.223 e. The molecule has 3 heteroatoms. The Morgan fingerprint density at radius 2 is 2.20 bits per heavy atom. The van der Waals surface area contributed by atoms with Crippen molar-refractivity contribution in [2.45, 2.75) is 83.8 Å². The zero-order valence-electron chi connectivity index (χ0n) is 13.6. The lowest BCUT2D eigenvalue weighted by Crippen LogP contribution is -2.52. The van der Waals surface area contributed by atoms with Crippen molar-refractivity contribution >= 4 is 5.91 Å². The number of piperidine rings is 1. The number of hydrogen-bond donors (Lipinski definition) is 1. The van der Waals surface area contributed by atoms with Crippen LogP contribution in [0.4, 0.5) is 0 Å². The molecule has 2 aliphatic heterocycles. The van der Waals surface area contributed by atoms with E-state index in [1.54, 1.807) is 0 Å². The Morgan fingerprint density at radius 3 is 2.85 bits per heavy atom. The van der Waals surface area contributed by atoms with Crippen LogP contribution in [0.3, 0.4) is 0 Å². The molecule has 2 fully saturated rings. The van der Waals surface area contributed by atoms with E-state index in [1.807, 2.05) is 13.8 Å². The van der Waals surface area contributed by atoms with Gasteiger partial charge in [0.25, 0.3) is 0 Å². The standard InChI is InChI=1S/C17H31NO2/c1-13(7-5-10-16(2,3)20)14-9-12-18-15(19)8-6-11-17(14,18)4/h13-14,20H,5-12H2,1-4H3/t13-,14?,17+/m0/s1. The summed E-state index contributed by atoms with van der Waals surface area (Å²) in [4.78, 5) is 14.2. The van der Waals surface area contributed by atoms with Crippen LogP contribution in [0.15, 0.2) is 0 Å². The average molecular weight is 281 g/mol. The minimum atomic E-state index is -0.549. The third-order valence-electron chi connectivity index (χ3n) is 5.59. The Hall–Kier alpha value is -0.570. The maximum absolute atomic E-state index is 12.1. The first-order chi connectivity index (χ1) is 9.24. The molecule has 0 aliphatic carbocycles. The third-order valence-corrected chi connectivity index (χ3v) is 5.59. The van der Waals surface area contributed by atoms with Gasteiger partial charge < -0.3 is 10.0 Å². The number of hydrogen-bond acceptors (Lipinski definition) is 2. The molecule has 0 spiro atoms. The Labute approximate surface area is 123 Å². The minimum absolute atomic E-state index is 0.101. The van der Waals surface area contributed by atoms with Gasteiger partial charge in [0.1, 0.15) is 0 Å². The van der Waals surface area contributed by atoms with E-state index in [2.05, 4.69) is 18.7 Å². The number of amides is 1. The summed E-state index contributed by atoms with van der Waals surface area (Å²) in [7, 11) is 0. The minimum Gasteiger partial charge on any atom is -0.390 e. The molecule has 2 rings (SSSR count). The SMILES string of the molecule is C[C@@H](CCCC(C)(C)O)C1CCN2C(=O)CCC[C@]12C. The second-order valence-corrected chi connectivity index (χ2v) is 7.83. The molecule has 2 aliphatic rings. The summed E-state index contributed by atoms with van der Waals surface area (Å²) in [6.07, 6.45) is 7.22. The van der Waals surface area contributed by atoms with Gasteiger partial charge in [-0.3, -0.25) is 4.79 Å². The summed E-state index contributed by atoms with van der Waals surface area (Å²) < 4.78 is 0. The summed E-state index contributed by atoms with van der Waals surface area (Å²) in [6, 6.07) is 0. The average Bonchev–Trinajstić information content (AvgIpc) is 2.66. The van der Waals surface area contributed by atoms with E-state index in [9.17, 15) is 9.90 Å². The van der Waals surface area contributed by atoms with Gasteiger partial charge in [0.2, 0.25) is 5.91 Å². The first-order valence-electron chi connectivity index (χ1n) is 8.27. The van der Waals surface area contributed by atoms with Crippen LogP contribution in [0.25, 0.3) is 0 Å². The van der Waals surface area contributed by atoms with Crippen LogP contribution in [0.5, 0.6) is 0 Å². The molecule has 1 unspecified atom stereocenters. The molecule has 3 atom stereocenters. The predicted molar refractivity (Wildman–Crippen MR) is 81.4 cm³/mol. The third kappa shape index (κ3) is 3.19. The van der Waals surface area contributed by atoms with Crippen LogP contribution >= 0.6 is 0 Å².